The molecule has 4 bridgehead atoms. The van der Waals surface area contributed by atoms with Gasteiger partial charge < -0.3 is 10.1 Å². The first-order valence-corrected chi connectivity index (χ1v) is 12.3. The van der Waals surface area contributed by atoms with Crippen LogP contribution in [0.25, 0.3) is 5.03 Å². The number of methoxy groups -OCH3 is 1. The Morgan fingerprint density at radius 3 is 2.18 bits per heavy atom. The normalized spacial score (nSPS) is 28.0. The van der Waals surface area contributed by atoms with Crippen LogP contribution in [0.1, 0.15) is 60.0 Å². The van der Waals surface area contributed by atoms with Crippen molar-refractivity contribution in [2.24, 2.45) is 17.8 Å². The maximum atomic E-state index is 12.6. The second kappa shape index (κ2) is 8.81. The van der Waals surface area contributed by atoms with Crippen LogP contribution >= 0.6 is 23.2 Å². The monoisotopic (exact) mass is 483 g/mol. The fourth-order valence-corrected chi connectivity index (χ4v) is 7.12. The van der Waals surface area contributed by atoms with Crippen LogP contribution in [-0.2, 0) is 14.9 Å². The van der Waals surface area contributed by atoms with E-state index in [-0.39, 0.29) is 5.56 Å². The Kier molecular flexibility index (Phi) is 6.00. The number of hydrogen-bond donors (Lipinski definition) is 1. The highest BCUT2D eigenvalue weighted by molar-refractivity contribution is 6.50. The second-order valence-electron chi connectivity index (χ2n) is 9.94. The molecule has 1 amide bonds. The van der Waals surface area contributed by atoms with Gasteiger partial charge in [0.05, 0.1) is 23.4 Å². The third-order valence-electron chi connectivity index (χ3n) is 7.71. The SMILES string of the molecule is COC(=O)c1cc(Cl)ccc1NC(=O)/C=C(\Cl)c1ccc(C23CC4CC(CC(C4)C2)C3)cc1. The maximum Gasteiger partial charge on any atom is 0.340 e. The van der Waals surface area contributed by atoms with Crippen molar-refractivity contribution in [1.29, 1.82) is 0 Å². The molecule has 4 fully saturated rings. The van der Waals surface area contributed by atoms with Crippen LogP contribution in [-0.4, -0.2) is 19.0 Å². The molecular weight excluding hydrogens is 457 g/mol. The smallest absolute Gasteiger partial charge is 0.340 e. The molecule has 6 rings (SSSR count). The number of benzene rings is 2. The molecule has 0 aromatic heterocycles. The van der Waals surface area contributed by atoms with Crippen molar-refractivity contribution in [2.75, 3.05) is 12.4 Å². The molecular formula is C27H27Cl2NO3. The van der Waals surface area contributed by atoms with Crippen molar-refractivity contribution in [2.45, 2.75) is 43.9 Å². The van der Waals surface area contributed by atoms with E-state index in [1.54, 1.807) is 12.1 Å². The number of hydrogen-bond acceptors (Lipinski definition) is 3. The van der Waals surface area contributed by atoms with Gasteiger partial charge in [0.15, 0.2) is 0 Å². The lowest BCUT2D eigenvalue weighted by molar-refractivity contribution is -0.111. The van der Waals surface area contributed by atoms with Gasteiger partial charge in [0.1, 0.15) is 0 Å². The van der Waals surface area contributed by atoms with Gasteiger partial charge in [-0.15, -0.1) is 0 Å². The van der Waals surface area contributed by atoms with Crippen LogP contribution in [0.15, 0.2) is 48.5 Å². The minimum Gasteiger partial charge on any atom is -0.465 e. The van der Waals surface area contributed by atoms with Gasteiger partial charge >= 0.3 is 5.97 Å². The van der Waals surface area contributed by atoms with E-state index >= 15 is 0 Å². The summed E-state index contributed by atoms with van der Waals surface area (Å²) < 4.78 is 4.77. The fourth-order valence-electron chi connectivity index (χ4n) is 6.72. The van der Waals surface area contributed by atoms with Crippen molar-refractivity contribution >= 4 is 45.8 Å². The van der Waals surface area contributed by atoms with E-state index in [0.717, 1.165) is 23.3 Å². The van der Waals surface area contributed by atoms with Gasteiger partial charge in [-0.2, -0.15) is 0 Å². The number of nitrogens with one attached hydrogen (secondary N) is 1. The van der Waals surface area contributed by atoms with E-state index in [4.69, 9.17) is 27.9 Å². The summed E-state index contributed by atoms with van der Waals surface area (Å²) in [6.07, 6.45) is 9.54. The number of anilines is 1. The Morgan fingerprint density at radius 2 is 1.61 bits per heavy atom. The van der Waals surface area contributed by atoms with Gasteiger partial charge in [-0.1, -0.05) is 47.5 Å². The molecule has 2 aromatic carbocycles. The van der Waals surface area contributed by atoms with Crippen molar-refractivity contribution in [1.82, 2.24) is 0 Å². The van der Waals surface area contributed by atoms with E-state index in [1.165, 1.54) is 63.3 Å². The second-order valence-corrected chi connectivity index (χ2v) is 10.8. The number of halogens is 2. The first-order valence-electron chi connectivity index (χ1n) is 11.5. The van der Waals surface area contributed by atoms with Crippen molar-refractivity contribution in [3.05, 3.63) is 70.3 Å². The molecule has 0 heterocycles. The van der Waals surface area contributed by atoms with Gasteiger partial charge in [-0.25, -0.2) is 4.79 Å². The average molecular weight is 484 g/mol. The molecule has 33 heavy (non-hydrogen) atoms. The summed E-state index contributed by atoms with van der Waals surface area (Å²) in [6.45, 7) is 0. The lowest BCUT2D eigenvalue weighted by atomic mass is 9.48. The summed E-state index contributed by atoms with van der Waals surface area (Å²) in [4.78, 5) is 24.6. The topological polar surface area (TPSA) is 55.4 Å². The lowest BCUT2D eigenvalue weighted by Gasteiger charge is -2.57. The zero-order valence-corrected chi connectivity index (χ0v) is 20.1. The lowest BCUT2D eigenvalue weighted by Crippen LogP contribution is -2.48. The van der Waals surface area contributed by atoms with Crippen LogP contribution in [0.4, 0.5) is 5.69 Å². The van der Waals surface area contributed by atoms with Gasteiger partial charge in [-0.05, 0) is 91.0 Å². The quantitative estimate of drug-likeness (QED) is 0.375. The van der Waals surface area contributed by atoms with E-state index in [1.807, 2.05) is 12.1 Å². The predicted octanol–water partition coefficient (Wildman–Crippen LogP) is 6.81. The number of carbonyl (C=O) groups is 2. The third kappa shape index (κ3) is 4.43. The van der Waals surface area contributed by atoms with E-state index in [2.05, 4.69) is 17.4 Å². The number of ether oxygens (including phenoxy) is 1. The van der Waals surface area contributed by atoms with Crippen LogP contribution in [0.3, 0.4) is 0 Å². The molecule has 1 N–H and O–H groups in total. The van der Waals surface area contributed by atoms with Gasteiger partial charge in [-0.3, -0.25) is 4.79 Å². The van der Waals surface area contributed by atoms with Gasteiger partial charge in [0.25, 0.3) is 0 Å². The summed E-state index contributed by atoms with van der Waals surface area (Å²) in [5.74, 6) is 1.67. The molecule has 0 radical (unpaired) electrons. The van der Waals surface area contributed by atoms with E-state index in [9.17, 15) is 9.59 Å². The van der Waals surface area contributed by atoms with Gasteiger partial charge in [0, 0.05) is 11.1 Å². The molecule has 4 nitrogen and oxygen atoms in total. The summed E-state index contributed by atoms with van der Waals surface area (Å²) in [7, 11) is 1.28. The number of carbonyl (C=O) groups excluding carboxylic acids is 2. The fraction of sp³-hybridized carbons (Fsp3) is 0.407. The average Bonchev–Trinajstić information content (AvgIpc) is 2.79. The Balaban J connectivity index is 1.31. The number of rotatable bonds is 5. The zero-order chi connectivity index (χ0) is 23.2. The molecule has 4 aliphatic carbocycles. The summed E-state index contributed by atoms with van der Waals surface area (Å²) in [5.41, 5.74) is 3.05. The van der Waals surface area contributed by atoms with E-state index < -0.39 is 11.9 Å². The van der Waals surface area contributed by atoms with Crippen LogP contribution in [0.5, 0.6) is 0 Å². The highest BCUT2D eigenvalue weighted by atomic mass is 35.5. The Bertz CT molecular complexity index is 1090. The highest BCUT2D eigenvalue weighted by Gasteiger charge is 2.51. The molecule has 4 saturated carbocycles. The predicted molar refractivity (Wildman–Crippen MR) is 132 cm³/mol. The molecule has 0 atom stereocenters. The summed E-state index contributed by atoms with van der Waals surface area (Å²) >= 11 is 12.5. The molecule has 0 saturated heterocycles. The number of esters is 1. The molecule has 172 valence electrons. The van der Waals surface area contributed by atoms with Crippen molar-refractivity contribution in [3.63, 3.8) is 0 Å². The van der Waals surface area contributed by atoms with Gasteiger partial charge in [0.2, 0.25) is 5.91 Å². The highest BCUT2D eigenvalue weighted by Crippen LogP contribution is 2.60. The Labute approximate surface area is 204 Å². The molecule has 6 heteroatoms. The van der Waals surface area contributed by atoms with Crippen LogP contribution < -0.4 is 5.32 Å². The standard InChI is InChI=1S/C27H27Cl2NO3/c1-33-26(32)22-11-21(28)6-7-24(22)30-25(31)12-23(29)19-2-4-20(5-3-19)27-13-16-8-17(14-27)10-18(9-16)15-27/h2-7,11-12,16-18H,8-10,13-15H2,1H3,(H,30,31)/b23-12-. The van der Waals surface area contributed by atoms with Crippen LogP contribution in [0, 0.1) is 17.8 Å². The van der Waals surface area contributed by atoms with E-state index in [0.29, 0.717) is 21.2 Å². The number of amides is 1. The summed E-state index contributed by atoms with van der Waals surface area (Å²) in [5, 5.41) is 3.42. The molecule has 0 aliphatic heterocycles. The molecule has 0 unspecified atom stereocenters. The van der Waals surface area contributed by atoms with Crippen molar-refractivity contribution in [3.8, 4) is 0 Å². The van der Waals surface area contributed by atoms with Crippen LogP contribution in [0.2, 0.25) is 5.02 Å². The van der Waals surface area contributed by atoms with Crippen molar-refractivity contribution < 1.29 is 14.3 Å². The first-order chi connectivity index (χ1) is 15.8. The Morgan fingerprint density at radius 1 is 1.00 bits per heavy atom. The summed E-state index contributed by atoms with van der Waals surface area (Å²) in [6, 6.07) is 13.0. The molecule has 0 spiro atoms. The minimum atomic E-state index is -0.580. The molecule has 2 aromatic rings. The largest absolute Gasteiger partial charge is 0.465 e. The Hall–Kier alpha value is -2.30. The first kappa shape index (κ1) is 22.5. The molecule has 4 aliphatic rings. The zero-order valence-electron chi connectivity index (χ0n) is 18.6. The minimum absolute atomic E-state index is 0.183. The maximum absolute atomic E-state index is 12.6. The third-order valence-corrected chi connectivity index (χ3v) is 8.28.